The maximum absolute atomic E-state index is 13.0. The number of carboxylic acids is 1. The maximum Gasteiger partial charge on any atom is 0.311 e. The number of hydrogen-bond donors (Lipinski definition) is 1. The van der Waals surface area contributed by atoms with Gasteiger partial charge in [-0.1, -0.05) is 12.1 Å². The molecule has 1 unspecified atom stereocenters. The fourth-order valence-corrected chi connectivity index (χ4v) is 2.73. The number of carboxylic acid groups (broad SMARTS) is 1. The van der Waals surface area contributed by atoms with Crippen LogP contribution >= 0.6 is 0 Å². The van der Waals surface area contributed by atoms with Crippen LogP contribution < -0.4 is 4.90 Å². The van der Waals surface area contributed by atoms with E-state index in [2.05, 4.69) is 9.97 Å². The van der Waals surface area contributed by atoms with Crippen LogP contribution in [-0.2, 0) is 4.79 Å². The molecule has 1 aliphatic heterocycles. The van der Waals surface area contributed by atoms with Crippen molar-refractivity contribution in [1.82, 2.24) is 9.97 Å². The zero-order valence-corrected chi connectivity index (χ0v) is 12.0. The predicted molar refractivity (Wildman–Crippen MR) is 77.1 cm³/mol. The molecule has 1 aliphatic rings. The third-order valence-electron chi connectivity index (χ3n) is 4.08. The second kappa shape index (κ2) is 5.15. The highest BCUT2D eigenvalue weighted by atomic mass is 19.3. The molecule has 22 heavy (non-hydrogen) atoms. The number of para-hydroxylation sites is 1. The van der Waals surface area contributed by atoms with Gasteiger partial charge in [0.2, 0.25) is 0 Å². The number of aliphatic carboxylic acids is 1. The van der Waals surface area contributed by atoms with Crippen molar-refractivity contribution >= 4 is 22.7 Å². The minimum atomic E-state index is -2.77. The molecule has 0 bridgehead atoms. The summed E-state index contributed by atoms with van der Waals surface area (Å²) in [4.78, 5) is 21.0. The highest BCUT2D eigenvalue weighted by molar-refractivity contribution is 5.90. The van der Waals surface area contributed by atoms with Crippen molar-refractivity contribution in [2.75, 3.05) is 18.0 Å². The first kappa shape index (κ1) is 14.6. The van der Waals surface area contributed by atoms with Crippen LogP contribution in [0.2, 0.25) is 0 Å². The van der Waals surface area contributed by atoms with Crippen LogP contribution in [0.4, 0.5) is 14.6 Å². The van der Waals surface area contributed by atoms with Crippen molar-refractivity contribution in [2.45, 2.75) is 19.8 Å². The molecule has 0 spiro atoms. The summed E-state index contributed by atoms with van der Waals surface area (Å²) in [6, 6.07) is 6.92. The molecule has 1 N–H and O–H groups in total. The predicted octanol–water partition coefficient (Wildman–Crippen LogP) is 2.87. The van der Waals surface area contributed by atoms with Crippen molar-refractivity contribution in [3.63, 3.8) is 0 Å². The number of aromatic nitrogens is 2. The quantitative estimate of drug-likeness (QED) is 0.944. The largest absolute Gasteiger partial charge is 0.481 e. The molecular weight excluding hydrogens is 292 g/mol. The Morgan fingerprint density at radius 2 is 2.09 bits per heavy atom. The average molecular weight is 307 g/mol. The first-order valence-corrected chi connectivity index (χ1v) is 6.94. The van der Waals surface area contributed by atoms with Crippen LogP contribution in [-0.4, -0.2) is 34.1 Å². The number of nitrogens with zero attached hydrogens (tertiary/aromatic N) is 3. The Morgan fingerprint density at radius 3 is 2.73 bits per heavy atom. The molecule has 7 heteroatoms. The fraction of sp³-hybridized carbons (Fsp3) is 0.400. The zero-order valence-electron chi connectivity index (χ0n) is 12.0. The minimum absolute atomic E-state index is 0.242. The highest BCUT2D eigenvalue weighted by Crippen LogP contribution is 2.36. The van der Waals surface area contributed by atoms with E-state index in [4.69, 9.17) is 0 Å². The van der Waals surface area contributed by atoms with Gasteiger partial charge in [0, 0.05) is 18.5 Å². The average Bonchev–Trinajstić information content (AvgIpc) is 2.90. The number of halogens is 2. The lowest BCUT2D eigenvalue weighted by Crippen LogP contribution is -2.32. The summed E-state index contributed by atoms with van der Waals surface area (Å²) in [6.45, 7) is 2.37. The summed E-state index contributed by atoms with van der Waals surface area (Å²) in [5.41, 5.74) is -0.455. The molecule has 0 aliphatic carbocycles. The first-order valence-electron chi connectivity index (χ1n) is 6.94. The fourth-order valence-electron chi connectivity index (χ4n) is 2.73. The summed E-state index contributed by atoms with van der Waals surface area (Å²) in [5.74, 6) is -1.04. The molecule has 5 nitrogen and oxygen atoms in total. The van der Waals surface area contributed by atoms with Gasteiger partial charge in [-0.25, -0.2) is 18.7 Å². The van der Waals surface area contributed by atoms with Gasteiger partial charge in [-0.15, -0.1) is 0 Å². The summed E-state index contributed by atoms with van der Waals surface area (Å²) in [6.07, 6.45) is -2.32. The topological polar surface area (TPSA) is 66.3 Å². The molecule has 0 saturated carbocycles. The van der Waals surface area contributed by atoms with Crippen molar-refractivity contribution in [2.24, 2.45) is 5.41 Å². The van der Waals surface area contributed by atoms with Crippen molar-refractivity contribution in [3.8, 4) is 0 Å². The van der Waals surface area contributed by atoms with Gasteiger partial charge in [-0.3, -0.25) is 4.79 Å². The smallest absolute Gasteiger partial charge is 0.311 e. The molecule has 1 fully saturated rings. The Morgan fingerprint density at radius 1 is 1.36 bits per heavy atom. The minimum Gasteiger partial charge on any atom is -0.481 e. The number of benzene rings is 1. The van der Waals surface area contributed by atoms with Gasteiger partial charge in [0.1, 0.15) is 5.82 Å². The maximum atomic E-state index is 13.0. The first-order chi connectivity index (χ1) is 10.4. The van der Waals surface area contributed by atoms with Crippen LogP contribution in [0.1, 0.15) is 25.6 Å². The second-order valence-corrected chi connectivity index (χ2v) is 5.76. The Bertz CT molecular complexity index is 738. The third-order valence-corrected chi connectivity index (χ3v) is 4.08. The van der Waals surface area contributed by atoms with E-state index < -0.39 is 23.6 Å². The van der Waals surface area contributed by atoms with Crippen LogP contribution in [0.3, 0.4) is 0 Å². The Hall–Kier alpha value is -2.31. The number of hydrogen-bond acceptors (Lipinski definition) is 4. The van der Waals surface area contributed by atoms with Crippen molar-refractivity contribution < 1.29 is 18.7 Å². The van der Waals surface area contributed by atoms with Gasteiger partial charge >= 0.3 is 5.97 Å². The Balaban J connectivity index is 2.08. The lowest BCUT2D eigenvalue weighted by molar-refractivity contribution is -0.146. The van der Waals surface area contributed by atoms with E-state index in [-0.39, 0.29) is 6.54 Å². The van der Waals surface area contributed by atoms with E-state index in [0.29, 0.717) is 29.7 Å². The lowest BCUT2D eigenvalue weighted by Gasteiger charge is -2.22. The van der Waals surface area contributed by atoms with Crippen LogP contribution in [0.15, 0.2) is 24.3 Å². The summed E-state index contributed by atoms with van der Waals surface area (Å²) in [5, 5.41) is 9.97. The van der Waals surface area contributed by atoms with Gasteiger partial charge in [-0.2, -0.15) is 0 Å². The SMILES string of the molecule is CC1(C(=O)O)CCN(c2nc(C(F)F)nc3ccccc23)C1. The molecule has 2 aromatic rings. The number of fused-ring (bicyclic) bond motifs is 1. The number of carbonyl (C=O) groups is 1. The second-order valence-electron chi connectivity index (χ2n) is 5.76. The molecule has 0 amide bonds. The molecule has 2 heterocycles. The monoisotopic (exact) mass is 307 g/mol. The molecular formula is C15H15F2N3O2. The highest BCUT2D eigenvalue weighted by Gasteiger charge is 2.41. The Labute approximate surface area is 125 Å². The number of rotatable bonds is 3. The molecule has 1 aromatic carbocycles. The molecule has 1 atom stereocenters. The van der Waals surface area contributed by atoms with Gasteiger partial charge in [0.05, 0.1) is 10.9 Å². The van der Waals surface area contributed by atoms with E-state index in [9.17, 15) is 18.7 Å². The summed E-state index contributed by atoms with van der Waals surface area (Å²) < 4.78 is 26.0. The zero-order chi connectivity index (χ0) is 15.9. The van der Waals surface area contributed by atoms with Crippen molar-refractivity contribution in [3.05, 3.63) is 30.1 Å². The molecule has 116 valence electrons. The van der Waals surface area contributed by atoms with Gasteiger partial charge in [0.25, 0.3) is 6.43 Å². The number of alkyl halides is 2. The van der Waals surface area contributed by atoms with Crippen LogP contribution in [0.25, 0.3) is 10.9 Å². The van der Waals surface area contributed by atoms with E-state index in [1.54, 1.807) is 36.1 Å². The van der Waals surface area contributed by atoms with E-state index in [1.165, 1.54) is 0 Å². The Kier molecular flexibility index (Phi) is 3.42. The van der Waals surface area contributed by atoms with Crippen molar-refractivity contribution in [1.29, 1.82) is 0 Å². The van der Waals surface area contributed by atoms with Gasteiger partial charge in [-0.05, 0) is 25.5 Å². The van der Waals surface area contributed by atoms with Gasteiger partial charge < -0.3 is 10.0 Å². The molecule has 0 radical (unpaired) electrons. The van der Waals surface area contributed by atoms with E-state index >= 15 is 0 Å². The normalized spacial score (nSPS) is 21.7. The number of anilines is 1. The van der Waals surface area contributed by atoms with Crippen LogP contribution in [0, 0.1) is 5.41 Å². The lowest BCUT2D eigenvalue weighted by atomic mass is 9.90. The molecule has 1 saturated heterocycles. The summed E-state index contributed by atoms with van der Waals surface area (Å²) in [7, 11) is 0. The van der Waals surface area contributed by atoms with E-state index in [0.717, 1.165) is 0 Å². The third kappa shape index (κ3) is 2.36. The van der Waals surface area contributed by atoms with Gasteiger partial charge in [0.15, 0.2) is 5.82 Å². The van der Waals surface area contributed by atoms with Crippen LogP contribution in [0.5, 0.6) is 0 Å². The standard InChI is InChI=1S/C15H15F2N3O2/c1-15(14(21)22)6-7-20(8-15)13-9-4-2-3-5-10(9)18-12(19-13)11(16)17/h2-5,11H,6-8H2,1H3,(H,21,22). The molecule has 3 rings (SSSR count). The summed E-state index contributed by atoms with van der Waals surface area (Å²) >= 11 is 0. The molecule has 1 aromatic heterocycles. The van der Waals surface area contributed by atoms with E-state index in [1.807, 2.05) is 0 Å².